The summed E-state index contributed by atoms with van der Waals surface area (Å²) in [6.07, 6.45) is 5.06. The van der Waals surface area contributed by atoms with Gasteiger partial charge < -0.3 is 15.2 Å². The Kier molecular flexibility index (Phi) is 3.83. The largest absolute Gasteiger partial charge is 0.353 e. The lowest BCUT2D eigenvalue weighted by Crippen LogP contribution is -2.48. The van der Waals surface area contributed by atoms with Crippen molar-refractivity contribution in [3.8, 4) is 0 Å². The fourth-order valence-electron chi connectivity index (χ4n) is 3.21. The number of amides is 1. The number of piperidine rings is 1. The highest BCUT2D eigenvalue weighted by atomic mass is 16.2. The maximum absolute atomic E-state index is 12.4. The molecule has 0 aliphatic carbocycles. The molecular weight excluding hydrogens is 320 g/mol. The summed E-state index contributed by atoms with van der Waals surface area (Å²) < 4.78 is 1.71. The van der Waals surface area contributed by atoms with Gasteiger partial charge in [0.25, 0.3) is 5.91 Å². The van der Waals surface area contributed by atoms with Crippen LogP contribution in [0.4, 0.5) is 5.82 Å². The molecule has 0 bridgehead atoms. The minimum atomic E-state index is -0.134. The van der Waals surface area contributed by atoms with Gasteiger partial charge >= 0.3 is 0 Å². The van der Waals surface area contributed by atoms with E-state index >= 15 is 0 Å². The number of carbonyl (C=O) groups is 1. The number of carbonyl (C=O) groups excluding carboxylic acids is 1. The van der Waals surface area contributed by atoms with Gasteiger partial charge in [0.15, 0.2) is 11.5 Å². The lowest BCUT2D eigenvalue weighted by molar-refractivity contribution is 0.0927. The van der Waals surface area contributed by atoms with Gasteiger partial charge in [0, 0.05) is 31.9 Å². The maximum Gasteiger partial charge on any atom is 0.272 e. The number of aromatic amines is 1. The molecule has 9 heteroatoms. The number of nitrogens with zero attached hydrogens (tertiary/aromatic N) is 6. The molecule has 0 aromatic carbocycles. The van der Waals surface area contributed by atoms with Crippen molar-refractivity contribution in [2.24, 2.45) is 7.05 Å². The van der Waals surface area contributed by atoms with Crippen molar-refractivity contribution in [2.45, 2.75) is 25.8 Å². The third-order valence-electron chi connectivity index (χ3n) is 4.61. The fraction of sp³-hybridized carbons (Fsp3) is 0.438. The number of imidazole rings is 1. The molecule has 4 rings (SSSR count). The van der Waals surface area contributed by atoms with Gasteiger partial charge in [0.05, 0.1) is 6.33 Å². The minimum absolute atomic E-state index is 0.0523. The Balaban J connectivity index is 1.49. The number of nitrogens with one attached hydrogen (secondary N) is 2. The first-order chi connectivity index (χ1) is 12.1. The Morgan fingerprint density at radius 2 is 2.24 bits per heavy atom. The van der Waals surface area contributed by atoms with Crippen LogP contribution in [0.1, 0.15) is 29.0 Å². The molecular formula is C16H20N8O. The zero-order valence-electron chi connectivity index (χ0n) is 14.2. The Hall–Kier alpha value is -2.97. The van der Waals surface area contributed by atoms with Crippen LogP contribution in [0.3, 0.4) is 0 Å². The summed E-state index contributed by atoms with van der Waals surface area (Å²) in [6.45, 7) is 3.51. The molecule has 1 unspecified atom stereocenters. The first kappa shape index (κ1) is 15.6. The van der Waals surface area contributed by atoms with Crippen molar-refractivity contribution in [3.05, 3.63) is 30.1 Å². The van der Waals surface area contributed by atoms with E-state index < -0.39 is 0 Å². The second-order valence-corrected chi connectivity index (χ2v) is 6.35. The molecule has 1 atom stereocenters. The number of hydrogen-bond acceptors (Lipinski definition) is 6. The van der Waals surface area contributed by atoms with Crippen LogP contribution in [-0.4, -0.2) is 54.8 Å². The van der Waals surface area contributed by atoms with Crippen LogP contribution in [0.25, 0.3) is 11.2 Å². The molecule has 25 heavy (non-hydrogen) atoms. The van der Waals surface area contributed by atoms with Crippen molar-refractivity contribution in [1.82, 2.24) is 35.0 Å². The van der Waals surface area contributed by atoms with Crippen LogP contribution in [0, 0.1) is 6.92 Å². The number of aromatic nitrogens is 6. The highest BCUT2D eigenvalue weighted by Gasteiger charge is 2.25. The van der Waals surface area contributed by atoms with Gasteiger partial charge in [-0.25, -0.2) is 15.0 Å². The lowest BCUT2D eigenvalue weighted by atomic mass is 10.1. The number of aryl methyl sites for hydroxylation is 2. The smallest absolute Gasteiger partial charge is 0.272 e. The van der Waals surface area contributed by atoms with E-state index in [1.807, 2.05) is 14.0 Å². The van der Waals surface area contributed by atoms with Crippen molar-refractivity contribution in [3.63, 3.8) is 0 Å². The Morgan fingerprint density at radius 1 is 1.36 bits per heavy atom. The molecule has 3 aromatic heterocycles. The second-order valence-electron chi connectivity index (χ2n) is 6.35. The summed E-state index contributed by atoms with van der Waals surface area (Å²) in [6, 6.07) is 1.85. The Morgan fingerprint density at radius 3 is 3.04 bits per heavy atom. The van der Waals surface area contributed by atoms with E-state index in [4.69, 9.17) is 0 Å². The monoisotopic (exact) mass is 340 g/mol. The van der Waals surface area contributed by atoms with E-state index in [0.29, 0.717) is 17.9 Å². The van der Waals surface area contributed by atoms with Crippen LogP contribution in [0.15, 0.2) is 18.7 Å². The average molecular weight is 340 g/mol. The fourth-order valence-corrected chi connectivity index (χ4v) is 3.21. The second kappa shape index (κ2) is 6.15. The molecule has 1 aliphatic heterocycles. The Labute approximate surface area is 144 Å². The van der Waals surface area contributed by atoms with Gasteiger partial charge in [0.2, 0.25) is 0 Å². The van der Waals surface area contributed by atoms with Crippen LogP contribution in [0.5, 0.6) is 0 Å². The summed E-state index contributed by atoms with van der Waals surface area (Å²) in [4.78, 5) is 30.4. The minimum Gasteiger partial charge on any atom is -0.353 e. The predicted octanol–water partition coefficient (Wildman–Crippen LogP) is 0.794. The summed E-state index contributed by atoms with van der Waals surface area (Å²) in [5.74, 6) is 0.694. The first-order valence-electron chi connectivity index (χ1n) is 8.32. The van der Waals surface area contributed by atoms with Gasteiger partial charge in [0.1, 0.15) is 17.5 Å². The topological polar surface area (TPSA) is 105 Å². The number of fused-ring (bicyclic) bond motifs is 1. The average Bonchev–Trinajstić information content (AvgIpc) is 3.22. The quantitative estimate of drug-likeness (QED) is 0.730. The van der Waals surface area contributed by atoms with Crippen LogP contribution in [0.2, 0.25) is 0 Å². The van der Waals surface area contributed by atoms with Gasteiger partial charge in [-0.2, -0.15) is 5.10 Å². The van der Waals surface area contributed by atoms with Gasteiger partial charge in [-0.3, -0.25) is 9.48 Å². The van der Waals surface area contributed by atoms with Crippen LogP contribution < -0.4 is 10.2 Å². The molecule has 1 amide bonds. The maximum atomic E-state index is 12.4. The van der Waals surface area contributed by atoms with Crippen LogP contribution >= 0.6 is 0 Å². The Bertz CT molecular complexity index is 894. The highest BCUT2D eigenvalue weighted by Crippen LogP contribution is 2.23. The number of rotatable bonds is 3. The molecule has 1 fully saturated rings. The summed E-state index contributed by atoms with van der Waals surface area (Å²) in [5.41, 5.74) is 2.89. The third-order valence-corrected chi connectivity index (χ3v) is 4.61. The zero-order valence-corrected chi connectivity index (χ0v) is 14.2. The molecule has 9 nitrogen and oxygen atoms in total. The van der Waals surface area contributed by atoms with E-state index in [1.165, 1.54) is 6.33 Å². The van der Waals surface area contributed by atoms with Gasteiger partial charge in [-0.15, -0.1) is 0 Å². The predicted molar refractivity (Wildman–Crippen MR) is 92.3 cm³/mol. The third kappa shape index (κ3) is 2.92. The van der Waals surface area contributed by atoms with E-state index in [9.17, 15) is 4.79 Å². The van der Waals surface area contributed by atoms with Crippen molar-refractivity contribution in [1.29, 1.82) is 0 Å². The number of anilines is 1. The molecule has 3 aromatic rings. The zero-order chi connectivity index (χ0) is 17.4. The van der Waals surface area contributed by atoms with Gasteiger partial charge in [-0.05, 0) is 25.8 Å². The van der Waals surface area contributed by atoms with Crippen molar-refractivity contribution in [2.75, 3.05) is 18.0 Å². The molecule has 1 aliphatic rings. The SMILES string of the molecule is Cc1cc(C(=O)NC2CCCN(c3ncnc4nc[nH]c34)C2)nn1C. The summed E-state index contributed by atoms with van der Waals surface area (Å²) in [7, 11) is 1.83. The van der Waals surface area contributed by atoms with E-state index in [0.717, 1.165) is 36.4 Å². The van der Waals surface area contributed by atoms with Crippen molar-refractivity contribution < 1.29 is 4.79 Å². The molecule has 0 spiro atoms. The van der Waals surface area contributed by atoms with E-state index in [2.05, 4.69) is 35.3 Å². The van der Waals surface area contributed by atoms with E-state index in [1.54, 1.807) is 17.1 Å². The highest BCUT2D eigenvalue weighted by molar-refractivity contribution is 5.92. The molecule has 0 saturated carbocycles. The molecule has 130 valence electrons. The lowest BCUT2D eigenvalue weighted by Gasteiger charge is -2.33. The summed E-state index contributed by atoms with van der Waals surface area (Å²) >= 11 is 0. The summed E-state index contributed by atoms with van der Waals surface area (Å²) in [5, 5.41) is 7.34. The van der Waals surface area contributed by atoms with E-state index in [-0.39, 0.29) is 11.9 Å². The molecule has 0 radical (unpaired) electrons. The number of H-pyrrole nitrogens is 1. The first-order valence-corrected chi connectivity index (χ1v) is 8.32. The normalized spacial score (nSPS) is 17.8. The van der Waals surface area contributed by atoms with Crippen LogP contribution in [-0.2, 0) is 7.05 Å². The standard InChI is InChI=1S/C16H20N8O/c1-10-6-12(22-23(10)2)16(25)21-11-4-3-5-24(7-11)15-13-14(18-8-17-13)19-9-20-15/h6,8-9,11H,3-5,7H2,1-2H3,(H,21,25)(H,17,18,19,20). The number of hydrogen-bond donors (Lipinski definition) is 2. The van der Waals surface area contributed by atoms with Crippen molar-refractivity contribution >= 4 is 22.9 Å². The molecule has 2 N–H and O–H groups in total. The molecule has 1 saturated heterocycles. The molecule has 4 heterocycles. The van der Waals surface area contributed by atoms with Gasteiger partial charge in [-0.1, -0.05) is 0 Å².